The fourth-order valence-corrected chi connectivity index (χ4v) is 4.93. The number of sulfone groups is 1. The Kier molecular flexibility index (Phi) is 8.77. The lowest BCUT2D eigenvalue weighted by Gasteiger charge is -2.15. The maximum Gasteiger partial charge on any atom is 0.363 e. The van der Waals surface area contributed by atoms with Crippen LogP contribution in [0.1, 0.15) is 51.1 Å². The second kappa shape index (κ2) is 11.4. The third-order valence-electron chi connectivity index (χ3n) is 5.44. The number of hydrogen-bond acceptors (Lipinski definition) is 9. The van der Waals surface area contributed by atoms with Crippen LogP contribution in [0.15, 0.2) is 23.1 Å². The van der Waals surface area contributed by atoms with Crippen molar-refractivity contribution in [3.8, 4) is 11.6 Å². The van der Waals surface area contributed by atoms with Gasteiger partial charge in [0.25, 0.3) is 0 Å². The van der Waals surface area contributed by atoms with Crippen LogP contribution in [0.3, 0.4) is 0 Å². The van der Waals surface area contributed by atoms with Crippen molar-refractivity contribution in [3.05, 3.63) is 51.4 Å². The van der Waals surface area contributed by atoms with Crippen LogP contribution in [-0.2, 0) is 28.2 Å². The van der Waals surface area contributed by atoms with Gasteiger partial charge >= 0.3 is 5.97 Å². The van der Waals surface area contributed by atoms with Crippen molar-refractivity contribution in [2.75, 3.05) is 26.6 Å². The largest absolute Gasteiger partial charge is 0.491 e. The minimum atomic E-state index is -3.72. The quantitative estimate of drug-likeness (QED) is 0.200. The van der Waals surface area contributed by atoms with Gasteiger partial charge in [0.05, 0.1) is 23.0 Å². The molecule has 0 amide bonds. The van der Waals surface area contributed by atoms with Crippen molar-refractivity contribution in [2.45, 2.75) is 38.6 Å². The Labute approximate surface area is 220 Å². The van der Waals surface area contributed by atoms with Crippen LogP contribution in [0.25, 0.3) is 0 Å². The van der Waals surface area contributed by atoms with Crippen LogP contribution < -0.4 is 9.47 Å². The number of benzene rings is 1. The molecule has 13 heteroatoms. The Morgan fingerprint density at radius 2 is 1.84 bits per heavy atom. The number of ketones is 1. The molecule has 200 valence electrons. The van der Waals surface area contributed by atoms with Crippen LogP contribution in [0.2, 0.25) is 5.02 Å². The standard InChI is InChI=1S/C24H29ClN4O7S/c1-7-29-17(13-14(2)26-29)24(31)36-23-19(15(3)27-28(23)4)21(30)16-9-10-18(37(6,32)33)22(20(16)25)35-12-8-11-34-5/h9-10,13H,7-8,11-12H2,1-6H3. The maximum absolute atomic E-state index is 13.7. The molecule has 0 unspecified atom stereocenters. The van der Waals surface area contributed by atoms with Crippen LogP contribution >= 0.6 is 11.6 Å². The highest BCUT2D eigenvalue weighted by molar-refractivity contribution is 7.90. The first-order chi connectivity index (χ1) is 17.4. The van der Waals surface area contributed by atoms with Gasteiger partial charge in [0, 0.05) is 45.5 Å². The minimum absolute atomic E-state index is 0.00877. The van der Waals surface area contributed by atoms with E-state index < -0.39 is 21.6 Å². The topological polar surface area (TPSA) is 132 Å². The van der Waals surface area contributed by atoms with Crippen molar-refractivity contribution in [1.82, 2.24) is 19.6 Å². The molecule has 0 saturated heterocycles. The van der Waals surface area contributed by atoms with Crippen molar-refractivity contribution in [1.29, 1.82) is 0 Å². The first-order valence-electron chi connectivity index (χ1n) is 11.4. The molecule has 1 aromatic carbocycles. The second-order valence-electron chi connectivity index (χ2n) is 8.32. The molecule has 0 spiro atoms. The van der Waals surface area contributed by atoms with Crippen molar-refractivity contribution >= 4 is 33.2 Å². The molecule has 3 rings (SSSR count). The molecule has 0 N–H and O–H groups in total. The highest BCUT2D eigenvalue weighted by Crippen LogP contribution is 2.38. The summed E-state index contributed by atoms with van der Waals surface area (Å²) in [6.45, 7) is 6.14. The number of methoxy groups -OCH3 is 1. The van der Waals surface area contributed by atoms with Gasteiger partial charge in [-0.05, 0) is 39.0 Å². The summed E-state index contributed by atoms with van der Waals surface area (Å²) in [6, 6.07) is 4.15. The van der Waals surface area contributed by atoms with E-state index in [1.807, 2.05) is 6.92 Å². The molecule has 0 radical (unpaired) electrons. The molecule has 0 aliphatic heterocycles. The molecule has 11 nitrogen and oxygen atoms in total. The first-order valence-corrected chi connectivity index (χ1v) is 13.7. The lowest BCUT2D eigenvalue weighted by molar-refractivity contribution is 0.0705. The smallest absolute Gasteiger partial charge is 0.363 e. The molecule has 0 aliphatic rings. The SMILES string of the molecule is CCn1nc(C)cc1C(=O)Oc1c(C(=O)c2ccc(S(C)(=O)=O)c(OCCCOC)c2Cl)c(C)nn1C. The highest BCUT2D eigenvalue weighted by Gasteiger charge is 2.30. The monoisotopic (exact) mass is 552 g/mol. The number of carbonyl (C=O) groups excluding carboxylic acids is 2. The highest BCUT2D eigenvalue weighted by atomic mass is 35.5. The third kappa shape index (κ3) is 6.03. The molecule has 2 aromatic heterocycles. The number of nitrogens with zero attached hydrogens (tertiary/aromatic N) is 4. The summed E-state index contributed by atoms with van der Waals surface area (Å²) in [4.78, 5) is 26.5. The van der Waals surface area contributed by atoms with E-state index in [-0.39, 0.29) is 45.0 Å². The molecule has 0 atom stereocenters. The van der Waals surface area contributed by atoms with E-state index in [2.05, 4.69) is 10.2 Å². The summed E-state index contributed by atoms with van der Waals surface area (Å²) in [6.07, 6.45) is 1.50. The van der Waals surface area contributed by atoms with Crippen LogP contribution in [-0.4, -0.2) is 66.3 Å². The second-order valence-corrected chi connectivity index (χ2v) is 10.7. The fourth-order valence-electron chi connectivity index (χ4n) is 3.76. The molecule has 0 bridgehead atoms. The Hall–Kier alpha value is -3.22. The average Bonchev–Trinajstić information content (AvgIpc) is 3.34. The number of aryl methyl sites for hydroxylation is 4. The number of hydrogen-bond donors (Lipinski definition) is 0. The molecule has 2 heterocycles. The Morgan fingerprint density at radius 3 is 2.46 bits per heavy atom. The van der Waals surface area contributed by atoms with E-state index >= 15 is 0 Å². The van der Waals surface area contributed by atoms with Crippen LogP contribution in [0.5, 0.6) is 11.6 Å². The van der Waals surface area contributed by atoms with Crippen molar-refractivity contribution < 1.29 is 32.2 Å². The van der Waals surface area contributed by atoms with E-state index in [1.54, 1.807) is 19.9 Å². The summed E-state index contributed by atoms with van der Waals surface area (Å²) in [5, 5.41) is 8.32. The summed E-state index contributed by atoms with van der Waals surface area (Å²) >= 11 is 6.54. The minimum Gasteiger partial charge on any atom is -0.491 e. The van der Waals surface area contributed by atoms with Crippen molar-refractivity contribution in [2.24, 2.45) is 7.05 Å². The number of rotatable bonds is 11. The fraction of sp³-hybridized carbons (Fsp3) is 0.417. The van der Waals surface area contributed by atoms with Crippen LogP contribution in [0, 0.1) is 13.8 Å². The number of esters is 1. The Bertz CT molecular complexity index is 1440. The number of halogens is 1. The maximum atomic E-state index is 13.7. The molecule has 0 aliphatic carbocycles. The van der Waals surface area contributed by atoms with Gasteiger partial charge in [0.2, 0.25) is 11.7 Å². The van der Waals surface area contributed by atoms with Crippen LogP contribution in [0.4, 0.5) is 0 Å². The van der Waals surface area contributed by atoms with Gasteiger partial charge in [-0.1, -0.05) is 11.6 Å². The number of ether oxygens (including phenoxy) is 3. The zero-order chi connectivity index (χ0) is 27.5. The predicted octanol–water partition coefficient (Wildman–Crippen LogP) is 3.18. The third-order valence-corrected chi connectivity index (χ3v) is 6.94. The summed E-state index contributed by atoms with van der Waals surface area (Å²) in [5.41, 5.74) is 1.14. The Morgan fingerprint density at radius 1 is 1.14 bits per heavy atom. The van der Waals surface area contributed by atoms with Gasteiger partial charge in [-0.3, -0.25) is 9.48 Å². The van der Waals surface area contributed by atoms with Gasteiger partial charge in [-0.15, -0.1) is 0 Å². The van der Waals surface area contributed by atoms with Gasteiger partial charge in [0.1, 0.15) is 16.2 Å². The number of aromatic nitrogens is 4. The molecule has 37 heavy (non-hydrogen) atoms. The Balaban J connectivity index is 2.04. The number of carbonyl (C=O) groups is 2. The van der Waals surface area contributed by atoms with Gasteiger partial charge < -0.3 is 14.2 Å². The molecular formula is C24H29ClN4O7S. The predicted molar refractivity (Wildman–Crippen MR) is 136 cm³/mol. The van der Waals surface area contributed by atoms with Gasteiger partial charge in [0.15, 0.2) is 15.6 Å². The molecule has 0 fully saturated rings. The van der Waals surface area contributed by atoms with E-state index in [1.165, 1.54) is 35.7 Å². The first kappa shape index (κ1) is 28.4. The zero-order valence-corrected chi connectivity index (χ0v) is 23.1. The lowest BCUT2D eigenvalue weighted by atomic mass is 10.0. The normalized spacial score (nSPS) is 11.5. The lowest BCUT2D eigenvalue weighted by Crippen LogP contribution is -2.18. The zero-order valence-electron chi connectivity index (χ0n) is 21.5. The summed E-state index contributed by atoms with van der Waals surface area (Å²) in [5.74, 6) is -1.53. The van der Waals surface area contributed by atoms with Gasteiger partial charge in [-0.25, -0.2) is 17.9 Å². The summed E-state index contributed by atoms with van der Waals surface area (Å²) < 4.78 is 43.7. The van der Waals surface area contributed by atoms with E-state index in [4.69, 9.17) is 25.8 Å². The molecular weight excluding hydrogens is 524 g/mol. The van der Waals surface area contributed by atoms with Crippen molar-refractivity contribution in [3.63, 3.8) is 0 Å². The van der Waals surface area contributed by atoms with Gasteiger partial charge in [-0.2, -0.15) is 10.2 Å². The molecule has 0 saturated carbocycles. The van der Waals surface area contributed by atoms with E-state index in [9.17, 15) is 18.0 Å². The summed E-state index contributed by atoms with van der Waals surface area (Å²) in [7, 11) is -0.646. The average molecular weight is 553 g/mol. The van der Waals surface area contributed by atoms with E-state index in [0.717, 1.165) is 6.26 Å². The van der Waals surface area contributed by atoms with E-state index in [0.29, 0.717) is 31.0 Å². The molecule has 3 aromatic rings.